The Bertz CT molecular complexity index is 322. The van der Waals surface area contributed by atoms with Gasteiger partial charge in [0.1, 0.15) is 5.78 Å². The molecule has 0 aromatic carbocycles. The molecule has 0 radical (unpaired) electrons. The Morgan fingerprint density at radius 3 is 2.89 bits per heavy atom. The number of hydrogen-bond acceptors (Lipinski definition) is 3. The van der Waals surface area contributed by atoms with Crippen molar-refractivity contribution >= 4 is 17.5 Å². The highest BCUT2D eigenvalue weighted by Crippen LogP contribution is 2.43. The van der Waals surface area contributed by atoms with Crippen LogP contribution in [0.4, 0.5) is 0 Å². The van der Waals surface area contributed by atoms with Crippen molar-refractivity contribution in [3.05, 3.63) is 0 Å². The van der Waals surface area contributed by atoms with Crippen LogP contribution < -0.4 is 0 Å². The first-order valence-corrected chi connectivity index (χ1v) is 8.61. The van der Waals surface area contributed by atoms with Gasteiger partial charge in [-0.2, -0.15) is 11.8 Å². The molecule has 2 saturated heterocycles. The lowest BCUT2D eigenvalue weighted by atomic mass is 9.77. The monoisotopic (exact) mass is 268 g/mol. The summed E-state index contributed by atoms with van der Waals surface area (Å²) in [5.41, 5.74) is 0.0606. The Hall–Kier alpha value is -0.0200. The van der Waals surface area contributed by atoms with Crippen LogP contribution in [0.5, 0.6) is 0 Å². The van der Waals surface area contributed by atoms with E-state index in [9.17, 15) is 4.79 Å². The molecule has 1 saturated carbocycles. The number of ether oxygens (including phenoxy) is 1. The zero-order valence-corrected chi connectivity index (χ0v) is 12.1. The second kappa shape index (κ2) is 5.16. The fourth-order valence-electron chi connectivity index (χ4n) is 4.00. The minimum absolute atomic E-state index is 0.0606. The summed E-state index contributed by atoms with van der Waals surface area (Å²) in [4.78, 5) is 12.7. The van der Waals surface area contributed by atoms with Gasteiger partial charge in [-0.15, -0.1) is 0 Å². The minimum atomic E-state index is 0.0606. The molecule has 0 amide bonds. The minimum Gasteiger partial charge on any atom is -0.374 e. The van der Waals surface area contributed by atoms with Crippen LogP contribution in [0.25, 0.3) is 0 Å². The van der Waals surface area contributed by atoms with Gasteiger partial charge in [0.2, 0.25) is 0 Å². The molecule has 4 unspecified atom stereocenters. The number of ketones is 1. The number of carbonyl (C=O) groups excluding carboxylic acids is 1. The zero-order valence-electron chi connectivity index (χ0n) is 11.3. The van der Waals surface area contributed by atoms with Crippen molar-refractivity contribution < 1.29 is 9.53 Å². The zero-order chi connectivity index (χ0) is 12.6. The molecule has 1 spiro atoms. The molecule has 4 atom stereocenters. The Kier molecular flexibility index (Phi) is 3.72. The SMILES string of the molecule is CC1CCCC1C(=O)C1CCOC2(CCSC2)C1. The van der Waals surface area contributed by atoms with E-state index in [0.29, 0.717) is 23.5 Å². The summed E-state index contributed by atoms with van der Waals surface area (Å²) in [6.45, 7) is 3.06. The van der Waals surface area contributed by atoms with Gasteiger partial charge in [-0.05, 0) is 43.8 Å². The molecule has 2 aliphatic heterocycles. The summed E-state index contributed by atoms with van der Waals surface area (Å²) in [7, 11) is 0. The highest BCUT2D eigenvalue weighted by molar-refractivity contribution is 7.99. The molecule has 0 N–H and O–H groups in total. The predicted octanol–water partition coefficient (Wildman–Crippen LogP) is 3.29. The van der Waals surface area contributed by atoms with Crippen LogP contribution in [-0.4, -0.2) is 29.5 Å². The van der Waals surface area contributed by atoms with E-state index in [2.05, 4.69) is 6.92 Å². The molecule has 1 aliphatic carbocycles. The third-order valence-corrected chi connectivity index (χ3v) is 6.41. The Labute approximate surface area is 114 Å². The summed E-state index contributed by atoms with van der Waals surface area (Å²) in [6.07, 6.45) is 6.76. The fraction of sp³-hybridized carbons (Fsp3) is 0.933. The van der Waals surface area contributed by atoms with Gasteiger partial charge in [0.15, 0.2) is 0 Å². The average molecular weight is 268 g/mol. The molecule has 3 aliphatic rings. The predicted molar refractivity (Wildman–Crippen MR) is 74.9 cm³/mol. The van der Waals surface area contributed by atoms with Gasteiger partial charge in [-0.1, -0.05) is 13.3 Å². The molecular weight excluding hydrogens is 244 g/mol. The number of carbonyl (C=O) groups is 1. The molecule has 0 aromatic rings. The maximum atomic E-state index is 12.7. The number of thioether (sulfide) groups is 1. The molecule has 2 heterocycles. The Morgan fingerprint density at radius 2 is 2.22 bits per heavy atom. The molecule has 3 fully saturated rings. The summed E-state index contributed by atoms with van der Waals surface area (Å²) in [5.74, 6) is 4.16. The lowest BCUT2D eigenvalue weighted by molar-refractivity contribution is -0.138. The van der Waals surface area contributed by atoms with Crippen molar-refractivity contribution in [2.45, 2.75) is 51.0 Å². The third-order valence-electron chi connectivity index (χ3n) is 5.19. The van der Waals surface area contributed by atoms with Gasteiger partial charge >= 0.3 is 0 Å². The molecule has 3 heteroatoms. The van der Waals surface area contributed by atoms with Crippen molar-refractivity contribution in [1.82, 2.24) is 0 Å². The van der Waals surface area contributed by atoms with E-state index in [-0.39, 0.29) is 5.60 Å². The Morgan fingerprint density at radius 1 is 1.33 bits per heavy atom. The van der Waals surface area contributed by atoms with Crippen LogP contribution in [0.1, 0.15) is 45.4 Å². The van der Waals surface area contributed by atoms with Gasteiger partial charge in [0.25, 0.3) is 0 Å². The maximum Gasteiger partial charge on any atom is 0.139 e. The van der Waals surface area contributed by atoms with Gasteiger partial charge in [-0.3, -0.25) is 4.79 Å². The summed E-state index contributed by atoms with van der Waals surface area (Å²) < 4.78 is 6.02. The van der Waals surface area contributed by atoms with E-state index >= 15 is 0 Å². The molecule has 0 aromatic heterocycles. The van der Waals surface area contributed by atoms with Gasteiger partial charge in [-0.25, -0.2) is 0 Å². The van der Waals surface area contributed by atoms with Crippen molar-refractivity contribution in [1.29, 1.82) is 0 Å². The van der Waals surface area contributed by atoms with E-state index in [1.807, 2.05) is 11.8 Å². The van der Waals surface area contributed by atoms with Crippen molar-refractivity contribution in [3.63, 3.8) is 0 Å². The maximum absolute atomic E-state index is 12.7. The average Bonchev–Trinajstić information content (AvgIpc) is 2.98. The first kappa shape index (κ1) is 13.0. The second-order valence-electron chi connectivity index (χ2n) is 6.44. The standard InChI is InChI=1S/C15H24O2S/c1-11-3-2-4-13(11)14(16)12-5-7-17-15(9-12)6-8-18-10-15/h11-13H,2-10H2,1H3. The number of Topliss-reactive ketones (excluding diaryl/α,β-unsaturated/α-hetero) is 1. The van der Waals surface area contributed by atoms with Crippen LogP contribution in [-0.2, 0) is 9.53 Å². The molecule has 3 rings (SSSR count). The van der Waals surface area contributed by atoms with Crippen LogP contribution >= 0.6 is 11.8 Å². The summed E-state index contributed by atoms with van der Waals surface area (Å²) in [5, 5.41) is 0. The quantitative estimate of drug-likeness (QED) is 0.768. The molecule has 18 heavy (non-hydrogen) atoms. The molecule has 2 nitrogen and oxygen atoms in total. The van der Waals surface area contributed by atoms with Gasteiger partial charge in [0, 0.05) is 24.2 Å². The van der Waals surface area contributed by atoms with E-state index < -0.39 is 0 Å². The summed E-state index contributed by atoms with van der Waals surface area (Å²) >= 11 is 1.99. The van der Waals surface area contributed by atoms with E-state index in [1.165, 1.54) is 18.6 Å². The lowest BCUT2D eigenvalue weighted by Crippen LogP contribution is -2.43. The van der Waals surface area contributed by atoms with Crippen LogP contribution in [0.15, 0.2) is 0 Å². The van der Waals surface area contributed by atoms with Crippen LogP contribution in [0, 0.1) is 17.8 Å². The first-order chi connectivity index (χ1) is 8.70. The highest BCUT2D eigenvalue weighted by Gasteiger charge is 2.44. The van der Waals surface area contributed by atoms with Crippen molar-refractivity contribution in [2.24, 2.45) is 17.8 Å². The number of rotatable bonds is 2. The highest BCUT2D eigenvalue weighted by atomic mass is 32.2. The van der Waals surface area contributed by atoms with E-state index in [1.54, 1.807) is 0 Å². The Balaban J connectivity index is 1.66. The fourth-order valence-corrected chi connectivity index (χ4v) is 5.38. The van der Waals surface area contributed by atoms with Gasteiger partial charge in [0.05, 0.1) is 5.60 Å². The topological polar surface area (TPSA) is 26.3 Å². The lowest BCUT2D eigenvalue weighted by Gasteiger charge is -2.38. The van der Waals surface area contributed by atoms with Crippen LogP contribution in [0.2, 0.25) is 0 Å². The summed E-state index contributed by atoms with van der Waals surface area (Å²) in [6, 6.07) is 0. The van der Waals surface area contributed by atoms with E-state index in [0.717, 1.165) is 38.0 Å². The normalized spacial score (nSPS) is 44.6. The first-order valence-electron chi connectivity index (χ1n) is 7.46. The van der Waals surface area contributed by atoms with Crippen LogP contribution in [0.3, 0.4) is 0 Å². The second-order valence-corrected chi connectivity index (χ2v) is 7.55. The molecular formula is C15H24O2S. The van der Waals surface area contributed by atoms with Crippen molar-refractivity contribution in [3.8, 4) is 0 Å². The number of hydrogen-bond donors (Lipinski definition) is 0. The smallest absolute Gasteiger partial charge is 0.139 e. The van der Waals surface area contributed by atoms with Gasteiger partial charge < -0.3 is 4.74 Å². The van der Waals surface area contributed by atoms with Crippen molar-refractivity contribution in [2.75, 3.05) is 18.1 Å². The molecule has 102 valence electrons. The molecule has 0 bridgehead atoms. The third kappa shape index (κ3) is 2.36. The van der Waals surface area contributed by atoms with E-state index in [4.69, 9.17) is 4.74 Å². The largest absolute Gasteiger partial charge is 0.374 e.